The van der Waals surface area contributed by atoms with E-state index in [0.29, 0.717) is 0 Å². The van der Waals surface area contributed by atoms with Gasteiger partial charge in [0, 0.05) is 0 Å². The first-order valence-electron chi connectivity index (χ1n) is 2.86. The topological polar surface area (TPSA) is 17.1 Å². The van der Waals surface area contributed by atoms with E-state index < -0.39 is 0 Å². The maximum absolute atomic E-state index is 10.6. The van der Waals surface area contributed by atoms with Crippen molar-refractivity contribution in [3.63, 3.8) is 0 Å². The second kappa shape index (κ2) is 2.58. The Bertz CT molecular complexity index is 205. The van der Waals surface area contributed by atoms with Crippen LogP contribution in [0, 0.1) is 0 Å². The zero-order valence-electron chi connectivity index (χ0n) is 5.29. The first-order valence-corrected chi connectivity index (χ1v) is 2.86. The molecule has 0 saturated carbocycles. The van der Waals surface area contributed by atoms with Crippen LogP contribution in [0.25, 0.3) is 0 Å². The van der Waals surface area contributed by atoms with Crippen molar-refractivity contribution < 1.29 is 4.79 Å². The van der Waals surface area contributed by atoms with Crippen LogP contribution in [0.2, 0.25) is 0 Å². The first kappa shape index (κ1) is 6.21. The van der Waals surface area contributed by atoms with Gasteiger partial charge in [0.1, 0.15) is 0 Å². The molecule has 1 rings (SSSR count). The molecule has 1 nitrogen and oxygen atoms in total. The fraction of sp³-hybridized carbons (Fsp3) is 0.143. The summed E-state index contributed by atoms with van der Waals surface area (Å²) in [4.78, 5) is 10.6. The molecule has 0 atom stereocenters. The third-order valence-electron chi connectivity index (χ3n) is 1.18. The van der Waals surface area contributed by atoms with Crippen LogP contribution in [0.5, 0.6) is 0 Å². The van der Waals surface area contributed by atoms with Gasteiger partial charge in [0.25, 0.3) is 0 Å². The average molecular weight is 118 g/mol. The van der Waals surface area contributed by atoms with Crippen molar-refractivity contribution in [2.45, 2.75) is 6.92 Å². The van der Waals surface area contributed by atoms with E-state index in [1.165, 1.54) is 0 Å². The molecule has 1 heterocycles. The van der Waals surface area contributed by atoms with Crippen LogP contribution in [0.3, 0.4) is 0 Å². The molecule has 0 aliphatic heterocycles. The van der Waals surface area contributed by atoms with Gasteiger partial charge in [-0.15, -0.1) is 0 Å². The summed E-state index contributed by atoms with van der Waals surface area (Å²) in [5.41, 5.74) is 0.775. The summed E-state index contributed by atoms with van der Waals surface area (Å²) < 4.78 is 0. The van der Waals surface area contributed by atoms with Crippen molar-refractivity contribution in [2.75, 3.05) is 0 Å². The third-order valence-corrected chi connectivity index (χ3v) is 1.18. The van der Waals surface area contributed by atoms with Crippen LogP contribution >= 0.6 is 0 Å². The number of hydrogen-bond acceptors (Lipinski definition) is 1. The molecule has 0 radical (unpaired) electrons. The molecule has 0 aromatic carbocycles. The summed E-state index contributed by atoms with van der Waals surface area (Å²) in [6.45, 7) is 3.42. The zero-order chi connectivity index (χ0) is 6.69. The number of carbonyl (C=O) groups is 1. The van der Waals surface area contributed by atoms with Crippen molar-refractivity contribution in [1.82, 2.24) is 0 Å². The van der Waals surface area contributed by atoms with Gasteiger partial charge in [-0.2, -0.15) is 0 Å². The van der Waals surface area contributed by atoms with Gasteiger partial charge in [-0.1, -0.05) is 0 Å². The van der Waals surface area contributed by atoms with Crippen LogP contribution in [-0.4, -0.2) is 12.7 Å². The summed E-state index contributed by atoms with van der Waals surface area (Å²) in [7, 11) is 0. The van der Waals surface area contributed by atoms with Gasteiger partial charge in [0.15, 0.2) is 0 Å². The third kappa shape index (κ3) is 1.49. The van der Waals surface area contributed by atoms with Crippen molar-refractivity contribution in [3.05, 3.63) is 29.6 Å². The molecule has 1 aromatic heterocycles. The second-order valence-electron chi connectivity index (χ2n) is 1.92. The maximum atomic E-state index is 10.6. The predicted octanol–water partition coefficient (Wildman–Crippen LogP) is 1.23. The van der Waals surface area contributed by atoms with Crippen molar-refractivity contribution in [1.29, 1.82) is 0 Å². The molecule has 0 unspecified atom stereocenters. The average Bonchev–Trinajstić information content (AvgIpc) is 1.90. The van der Waals surface area contributed by atoms with Crippen molar-refractivity contribution in [2.24, 2.45) is 0 Å². The normalized spacial score (nSPS) is 8.56. The Hall–Kier alpha value is -0.915. The Morgan fingerprint density at radius 2 is 2.44 bits per heavy atom. The monoisotopic (exact) mass is 118 g/mol. The van der Waals surface area contributed by atoms with Gasteiger partial charge in [0.05, 0.1) is 0 Å². The number of carbonyl (C=O) groups excluding carboxylic acids is 1. The standard InChI is InChI=1S/C7H7BO/c1-6(9)7-3-2-4-8-5-7/h2-5H,1H3. The molecule has 0 aliphatic rings. The van der Waals surface area contributed by atoms with Gasteiger partial charge < -0.3 is 0 Å². The van der Waals surface area contributed by atoms with Gasteiger partial charge >= 0.3 is 54.0 Å². The van der Waals surface area contributed by atoms with Crippen LogP contribution in [0.15, 0.2) is 24.1 Å². The van der Waals surface area contributed by atoms with Gasteiger partial charge in [-0.3, -0.25) is 0 Å². The Morgan fingerprint density at radius 3 is 2.78 bits per heavy atom. The Kier molecular flexibility index (Phi) is 1.78. The Balaban J connectivity index is 2.98. The van der Waals surface area contributed by atoms with E-state index in [4.69, 9.17) is 0 Å². The van der Waals surface area contributed by atoms with Crippen molar-refractivity contribution in [3.8, 4) is 0 Å². The zero-order valence-corrected chi connectivity index (χ0v) is 5.29. The fourth-order valence-electron chi connectivity index (χ4n) is 0.673. The van der Waals surface area contributed by atoms with Crippen LogP contribution < -0.4 is 0 Å². The number of Topliss-reactive ketones (excluding diaryl/α,β-unsaturated/α-hetero) is 1. The van der Waals surface area contributed by atoms with Gasteiger partial charge in [0.2, 0.25) is 0 Å². The molecule has 0 aliphatic carbocycles. The van der Waals surface area contributed by atoms with E-state index in [0.717, 1.165) is 5.56 Å². The quantitative estimate of drug-likeness (QED) is 0.506. The van der Waals surface area contributed by atoms with E-state index in [1.54, 1.807) is 6.92 Å². The fourth-order valence-corrected chi connectivity index (χ4v) is 0.673. The summed E-state index contributed by atoms with van der Waals surface area (Å²) in [6.07, 6.45) is 0. The molecular formula is C7H7BO. The van der Waals surface area contributed by atoms with E-state index in [9.17, 15) is 4.79 Å². The number of hydrogen-bond donors (Lipinski definition) is 0. The SMILES string of the molecule is CC(=O)c1cbccc1. The molecule has 2 heteroatoms. The van der Waals surface area contributed by atoms with Gasteiger partial charge in [-0.05, 0) is 0 Å². The predicted molar refractivity (Wildman–Crippen MR) is 37.8 cm³/mol. The summed E-state index contributed by atoms with van der Waals surface area (Å²) in [5, 5.41) is 0. The minimum absolute atomic E-state index is 0.121. The van der Waals surface area contributed by atoms with Crippen LogP contribution in [0.4, 0.5) is 0 Å². The second-order valence-corrected chi connectivity index (χ2v) is 1.92. The molecule has 0 saturated heterocycles. The molecule has 1 aromatic rings. The molecule has 9 heavy (non-hydrogen) atoms. The first-order chi connectivity index (χ1) is 4.30. The molecule has 0 fully saturated rings. The van der Waals surface area contributed by atoms with E-state index >= 15 is 0 Å². The number of ketones is 1. The number of rotatable bonds is 1. The van der Waals surface area contributed by atoms with Crippen molar-refractivity contribution >= 4 is 12.7 Å². The van der Waals surface area contributed by atoms with Crippen LogP contribution in [0.1, 0.15) is 17.3 Å². The van der Waals surface area contributed by atoms with E-state index in [2.05, 4.69) is 0 Å². The minimum atomic E-state index is 0.121. The molecule has 0 amide bonds. The summed E-state index contributed by atoms with van der Waals surface area (Å²) in [6, 6.07) is 3.67. The van der Waals surface area contributed by atoms with E-state index in [-0.39, 0.29) is 5.78 Å². The molecule has 0 N–H and O–H groups in total. The molecule has 0 spiro atoms. The summed E-state index contributed by atoms with van der Waals surface area (Å²) in [5.74, 6) is 3.82. The van der Waals surface area contributed by atoms with E-state index in [1.807, 2.05) is 31.0 Å². The molecule has 44 valence electrons. The van der Waals surface area contributed by atoms with Crippen LogP contribution in [-0.2, 0) is 0 Å². The molecule has 0 bridgehead atoms. The molecular weight excluding hydrogens is 111 g/mol. The Labute approximate surface area is 54.9 Å². The Morgan fingerprint density at radius 1 is 1.67 bits per heavy atom. The summed E-state index contributed by atoms with van der Waals surface area (Å²) >= 11 is 0. The van der Waals surface area contributed by atoms with Gasteiger partial charge in [-0.25, -0.2) is 0 Å².